The van der Waals surface area contributed by atoms with Crippen molar-refractivity contribution in [2.24, 2.45) is 7.05 Å². The van der Waals surface area contributed by atoms with Gasteiger partial charge in [0.25, 0.3) is 11.5 Å². The zero-order valence-corrected chi connectivity index (χ0v) is 12.5. The summed E-state index contributed by atoms with van der Waals surface area (Å²) in [4.78, 5) is 27.3. The number of amides is 1. The number of aliphatic hydroxyl groups excluding tert-OH is 1. The number of nitrogens with one attached hydrogen (secondary N) is 1. The van der Waals surface area contributed by atoms with Gasteiger partial charge in [-0.3, -0.25) is 9.59 Å². The van der Waals surface area contributed by atoms with Crippen LogP contribution in [0.4, 0.5) is 13.2 Å². The van der Waals surface area contributed by atoms with Crippen LogP contribution in [0.3, 0.4) is 0 Å². The molecule has 0 saturated heterocycles. The summed E-state index contributed by atoms with van der Waals surface area (Å²) in [5.74, 6) is -0.858. The molecule has 1 amide bonds. The summed E-state index contributed by atoms with van der Waals surface area (Å²) >= 11 is 0. The van der Waals surface area contributed by atoms with Gasteiger partial charge in [0.2, 0.25) is 0 Å². The van der Waals surface area contributed by atoms with Gasteiger partial charge in [-0.1, -0.05) is 18.2 Å². The monoisotopic (exact) mass is 341 g/mol. The largest absolute Gasteiger partial charge is 0.416 e. The molecule has 2 N–H and O–H groups in total. The van der Waals surface area contributed by atoms with Crippen molar-refractivity contribution in [3.8, 4) is 0 Å². The average molecular weight is 341 g/mol. The molecule has 0 saturated carbocycles. The fourth-order valence-electron chi connectivity index (χ4n) is 2.10. The molecule has 0 aliphatic rings. The van der Waals surface area contributed by atoms with E-state index in [4.69, 9.17) is 0 Å². The Kier molecular flexibility index (Phi) is 5.03. The first-order valence-electron chi connectivity index (χ1n) is 6.84. The van der Waals surface area contributed by atoms with Crippen LogP contribution in [0, 0.1) is 0 Å². The first kappa shape index (κ1) is 17.7. The third kappa shape index (κ3) is 3.80. The van der Waals surface area contributed by atoms with Crippen molar-refractivity contribution in [1.29, 1.82) is 0 Å². The third-order valence-corrected chi connectivity index (χ3v) is 3.34. The van der Waals surface area contributed by atoms with Gasteiger partial charge >= 0.3 is 6.18 Å². The average Bonchev–Trinajstić information content (AvgIpc) is 2.54. The molecule has 1 aromatic heterocycles. The van der Waals surface area contributed by atoms with Crippen molar-refractivity contribution < 1.29 is 23.1 Å². The second kappa shape index (κ2) is 6.83. The Balaban J connectivity index is 2.32. The van der Waals surface area contributed by atoms with E-state index >= 15 is 0 Å². The molecule has 2 rings (SSSR count). The van der Waals surface area contributed by atoms with E-state index in [0.29, 0.717) is 0 Å². The first-order chi connectivity index (χ1) is 11.2. The van der Waals surface area contributed by atoms with Crippen molar-refractivity contribution in [3.63, 3.8) is 0 Å². The van der Waals surface area contributed by atoms with Gasteiger partial charge < -0.3 is 15.0 Å². The maximum Gasteiger partial charge on any atom is 0.416 e. The molecule has 1 heterocycles. The standard InChI is InChI=1S/C15H14F3N3O3/c1-21-8-19-11(6-13(21)23)14(24)20-12(7-22)9-4-2-3-5-10(9)15(16,17)18/h2-6,8,12,22H,7H2,1H3,(H,20,24). The molecule has 0 fully saturated rings. The second-order valence-corrected chi connectivity index (χ2v) is 5.02. The number of hydrogen-bond donors (Lipinski definition) is 2. The maximum absolute atomic E-state index is 13.1. The smallest absolute Gasteiger partial charge is 0.394 e. The second-order valence-electron chi connectivity index (χ2n) is 5.02. The summed E-state index contributed by atoms with van der Waals surface area (Å²) in [7, 11) is 1.44. The van der Waals surface area contributed by atoms with Crippen molar-refractivity contribution in [1.82, 2.24) is 14.9 Å². The molecule has 0 aliphatic heterocycles. The predicted molar refractivity (Wildman–Crippen MR) is 78.2 cm³/mol. The van der Waals surface area contributed by atoms with Crippen LogP contribution in [0.5, 0.6) is 0 Å². The number of halogens is 3. The molecule has 1 aromatic carbocycles. The molecule has 128 valence electrons. The lowest BCUT2D eigenvalue weighted by atomic mass is 10.00. The van der Waals surface area contributed by atoms with Crippen molar-refractivity contribution in [2.75, 3.05) is 6.61 Å². The van der Waals surface area contributed by atoms with E-state index < -0.39 is 35.9 Å². The Bertz CT molecular complexity index is 802. The van der Waals surface area contributed by atoms with Crippen LogP contribution in [0.15, 0.2) is 41.5 Å². The summed E-state index contributed by atoms with van der Waals surface area (Å²) in [6.45, 7) is -0.746. The fraction of sp³-hybridized carbons (Fsp3) is 0.267. The Hall–Kier alpha value is -2.68. The van der Waals surface area contributed by atoms with E-state index in [0.717, 1.165) is 23.0 Å². The molecule has 24 heavy (non-hydrogen) atoms. The zero-order valence-electron chi connectivity index (χ0n) is 12.5. The van der Waals surface area contributed by atoms with Crippen LogP contribution >= 0.6 is 0 Å². The van der Waals surface area contributed by atoms with Crippen molar-refractivity contribution in [2.45, 2.75) is 12.2 Å². The molecule has 0 radical (unpaired) electrons. The summed E-state index contributed by atoms with van der Waals surface area (Å²) in [5.41, 5.74) is -1.97. The summed E-state index contributed by atoms with van der Waals surface area (Å²) in [6.07, 6.45) is -3.51. The summed E-state index contributed by atoms with van der Waals surface area (Å²) in [6, 6.07) is 4.28. The minimum Gasteiger partial charge on any atom is -0.394 e. The third-order valence-electron chi connectivity index (χ3n) is 3.34. The van der Waals surface area contributed by atoms with Gasteiger partial charge in [-0.15, -0.1) is 0 Å². The molecule has 2 aromatic rings. The summed E-state index contributed by atoms with van der Waals surface area (Å²) in [5, 5.41) is 11.7. The molecule has 0 aliphatic carbocycles. The van der Waals surface area contributed by atoms with E-state index in [1.807, 2.05) is 0 Å². The number of aliphatic hydroxyl groups is 1. The number of benzene rings is 1. The van der Waals surface area contributed by atoms with Gasteiger partial charge in [-0.05, 0) is 11.6 Å². The highest BCUT2D eigenvalue weighted by molar-refractivity contribution is 5.92. The first-order valence-corrected chi connectivity index (χ1v) is 6.84. The highest BCUT2D eigenvalue weighted by Crippen LogP contribution is 2.34. The van der Waals surface area contributed by atoms with Crippen LogP contribution in [-0.4, -0.2) is 27.2 Å². The number of alkyl halides is 3. The SMILES string of the molecule is Cn1cnc(C(=O)NC(CO)c2ccccc2C(F)(F)F)cc1=O. The fourth-order valence-corrected chi connectivity index (χ4v) is 2.10. The molecule has 1 atom stereocenters. The number of hydrogen-bond acceptors (Lipinski definition) is 4. The molecule has 1 unspecified atom stereocenters. The number of carbonyl (C=O) groups is 1. The van der Waals surface area contributed by atoms with Gasteiger partial charge in [-0.2, -0.15) is 13.2 Å². The van der Waals surface area contributed by atoms with Crippen LogP contribution in [-0.2, 0) is 13.2 Å². The van der Waals surface area contributed by atoms with Crippen LogP contribution in [0.1, 0.15) is 27.7 Å². The van der Waals surface area contributed by atoms with Crippen LogP contribution in [0.2, 0.25) is 0 Å². The Labute approximate surface area is 134 Å². The summed E-state index contributed by atoms with van der Waals surface area (Å²) < 4.78 is 40.3. The molecule has 0 spiro atoms. The molecule has 6 nitrogen and oxygen atoms in total. The highest BCUT2D eigenvalue weighted by Gasteiger charge is 2.35. The van der Waals surface area contributed by atoms with Gasteiger partial charge in [0, 0.05) is 13.1 Å². The zero-order chi connectivity index (χ0) is 17.9. The quantitative estimate of drug-likeness (QED) is 0.877. The topological polar surface area (TPSA) is 84.2 Å². The van der Waals surface area contributed by atoms with Gasteiger partial charge in [0.05, 0.1) is 24.5 Å². The Morgan fingerprint density at radius 2 is 2.04 bits per heavy atom. The lowest BCUT2D eigenvalue weighted by Crippen LogP contribution is -2.34. The number of carbonyl (C=O) groups excluding carboxylic acids is 1. The lowest BCUT2D eigenvalue weighted by Gasteiger charge is -2.21. The van der Waals surface area contributed by atoms with E-state index in [-0.39, 0.29) is 11.3 Å². The molecule has 0 bridgehead atoms. The highest BCUT2D eigenvalue weighted by atomic mass is 19.4. The lowest BCUT2D eigenvalue weighted by molar-refractivity contribution is -0.138. The Morgan fingerprint density at radius 3 is 2.62 bits per heavy atom. The minimum absolute atomic E-state index is 0.249. The predicted octanol–water partition coefficient (Wildman–Crippen LogP) is 1.26. The van der Waals surface area contributed by atoms with E-state index in [2.05, 4.69) is 10.3 Å². The number of nitrogens with zero attached hydrogens (tertiary/aromatic N) is 2. The van der Waals surface area contributed by atoms with E-state index in [1.165, 1.54) is 25.2 Å². The molecular formula is C15H14F3N3O3. The Morgan fingerprint density at radius 1 is 1.38 bits per heavy atom. The normalized spacial score (nSPS) is 12.7. The molecular weight excluding hydrogens is 327 g/mol. The van der Waals surface area contributed by atoms with E-state index in [9.17, 15) is 27.9 Å². The van der Waals surface area contributed by atoms with Crippen molar-refractivity contribution >= 4 is 5.91 Å². The number of rotatable bonds is 4. The van der Waals surface area contributed by atoms with Gasteiger partial charge in [-0.25, -0.2) is 4.98 Å². The van der Waals surface area contributed by atoms with Gasteiger partial charge in [0.15, 0.2) is 0 Å². The maximum atomic E-state index is 13.1. The van der Waals surface area contributed by atoms with Gasteiger partial charge in [0.1, 0.15) is 5.69 Å². The van der Waals surface area contributed by atoms with Crippen LogP contribution in [0.25, 0.3) is 0 Å². The number of aromatic nitrogens is 2. The molecule has 9 heteroatoms. The minimum atomic E-state index is -4.63. The van der Waals surface area contributed by atoms with Crippen LogP contribution < -0.4 is 10.9 Å². The van der Waals surface area contributed by atoms with Crippen molar-refractivity contribution in [3.05, 3.63) is 63.8 Å². The number of aryl methyl sites for hydroxylation is 1. The van der Waals surface area contributed by atoms with E-state index in [1.54, 1.807) is 0 Å².